The van der Waals surface area contributed by atoms with Crippen molar-refractivity contribution >= 4 is 17.5 Å². The quantitative estimate of drug-likeness (QED) is 0.658. The van der Waals surface area contributed by atoms with Crippen molar-refractivity contribution < 1.29 is 19.2 Å². The number of hydrogen-bond donors (Lipinski definition) is 3. The topological polar surface area (TPSA) is 71.9 Å². The summed E-state index contributed by atoms with van der Waals surface area (Å²) in [6.07, 6.45) is 0. The van der Waals surface area contributed by atoms with E-state index in [1.807, 2.05) is 69.4 Å². The molecule has 0 radical (unpaired) electrons. The highest BCUT2D eigenvalue weighted by molar-refractivity contribution is 5.95. The molecule has 144 valence electrons. The zero-order valence-electron chi connectivity index (χ0n) is 16.3. The van der Waals surface area contributed by atoms with E-state index in [-0.39, 0.29) is 24.4 Å². The molecule has 3 N–H and O–H groups in total. The number of anilines is 1. The molecule has 0 saturated carbocycles. The second-order valence-corrected chi connectivity index (χ2v) is 6.81. The van der Waals surface area contributed by atoms with Gasteiger partial charge in [-0.05, 0) is 26.0 Å². The maximum Gasteiger partial charge on any atom is 0.287 e. The van der Waals surface area contributed by atoms with Crippen molar-refractivity contribution in [3.63, 3.8) is 0 Å². The molecule has 0 aliphatic carbocycles. The molecule has 2 aromatic rings. The fourth-order valence-electron chi connectivity index (χ4n) is 2.95. The molecule has 2 aromatic carbocycles. The monoisotopic (exact) mass is 370 g/mol. The molecule has 0 aliphatic heterocycles. The third kappa shape index (κ3) is 6.11. The number of methoxy groups -OCH3 is 1. The Hall–Kier alpha value is -2.86. The molecule has 0 bridgehead atoms. The smallest absolute Gasteiger partial charge is 0.287 e. The molecule has 2 amide bonds. The van der Waals surface area contributed by atoms with E-state index < -0.39 is 6.04 Å². The fraction of sp³-hybridized carbons (Fsp3) is 0.333. The van der Waals surface area contributed by atoms with Gasteiger partial charge >= 0.3 is 0 Å². The van der Waals surface area contributed by atoms with Crippen LogP contribution in [-0.4, -0.2) is 38.6 Å². The number of amides is 2. The molecule has 0 spiro atoms. The summed E-state index contributed by atoms with van der Waals surface area (Å²) in [6.45, 7) is 4.03. The zero-order valence-corrected chi connectivity index (χ0v) is 16.3. The van der Waals surface area contributed by atoms with E-state index in [9.17, 15) is 9.59 Å². The van der Waals surface area contributed by atoms with Crippen LogP contribution in [0.2, 0.25) is 0 Å². The summed E-state index contributed by atoms with van der Waals surface area (Å²) in [6, 6.07) is 16.2. The van der Waals surface area contributed by atoms with Crippen molar-refractivity contribution in [2.75, 3.05) is 26.0 Å². The number of carbonyl (C=O) groups excluding carboxylic acids is 2. The first-order chi connectivity index (χ1) is 12.9. The average Bonchev–Trinajstić information content (AvgIpc) is 2.62. The van der Waals surface area contributed by atoms with Crippen molar-refractivity contribution in [2.45, 2.75) is 25.9 Å². The lowest BCUT2D eigenvalue weighted by Crippen LogP contribution is -3.11. The molecule has 0 aromatic heterocycles. The SMILES string of the molecule is COc1cccc(NC(=O)[C@H](c2ccccc2)[NH+](C)CC(=O)NC(C)C)c1. The Morgan fingerprint density at radius 2 is 1.78 bits per heavy atom. The van der Waals surface area contributed by atoms with Crippen molar-refractivity contribution in [1.29, 1.82) is 0 Å². The van der Waals surface area contributed by atoms with Crippen LogP contribution in [0, 0.1) is 0 Å². The predicted molar refractivity (Wildman–Crippen MR) is 106 cm³/mol. The molecular weight excluding hydrogens is 342 g/mol. The van der Waals surface area contributed by atoms with Gasteiger partial charge in [0.05, 0.1) is 14.2 Å². The van der Waals surface area contributed by atoms with E-state index in [4.69, 9.17) is 4.74 Å². The van der Waals surface area contributed by atoms with Crippen LogP contribution in [0.4, 0.5) is 5.69 Å². The van der Waals surface area contributed by atoms with Crippen molar-refractivity contribution in [3.05, 3.63) is 60.2 Å². The lowest BCUT2D eigenvalue weighted by atomic mass is 10.0. The Morgan fingerprint density at radius 3 is 2.41 bits per heavy atom. The first-order valence-electron chi connectivity index (χ1n) is 9.02. The van der Waals surface area contributed by atoms with Gasteiger partial charge in [-0.25, -0.2) is 0 Å². The molecule has 2 rings (SSSR count). The van der Waals surface area contributed by atoms with Gasteiger partial charge in [0.15, 0.2) is 12.6 Å². The molecule has 27 heavy (non-hydrogen) atoms. The Bertz CT molecular complexity index is 762. The van der Waals surface area contributed by atoms with E-state index >= 15 is 0 Å². The lowest BCUT2D eigenvalue weighted by molar-refractivity contribution is -0.894. The number of rotatable bonds is 8. The number of hydrogen-bond acceptors (Lipinski definition) is 3. The van der Waals surface area contributed by atoms with Crippen molar-refractivity contribution in [1.82, 2.24) is 5.32 Å². The molecule has 0 aliphatic rings. The van der Waals surface area contributed by atoms with Gasteiger partial charge in [-0.1, -0.05) is 36.4 Å². The van der Waals surface area contributed by atoms with Gasteiger partial charge in [0.25, 0.3) is 11.8 Å². The summed E-state index contributed by atoms with van der Waals surface area (Å²) in [4.78, 5) is 26.0. The fourth-order valence-corrected chi connectivity index (χ4v) is 2.95. The number of ether oxygens (including phenoxy) is 1. The van der Waals surface area contributed by atoms with Crippen LogP contribution in [-0.2, 0) is 9.59 Å². The Morgan fingerprint density at radius 1 is 1.07 bits per heavy atom. The maximum absolute atomic E-state index is 13.1. The van der Waals surface area contributed by atoms with Crippen LogP contribution in [0.25, 0.3) is 0 Å². The second-order valence-electron chi connectivity index (χ2n) is 6.81. The van der Waals surface area contributed by atoms with E-state index in [1.54, 1.807) is 13.2 Å². The van der Waals surface area contributed by atoms with Gasteiger partial charge in [0, 0.05) is 23.4 Å². The summed E-state index contributed by atoms with van der Waals surface area (Å²) < 4.78 is 5.21. The van der Waals surface area contributed by atoms with Crippen molar-refractivity contribution in [3.8, 4) is 5.75 Å². The normalized spacial score (nSPS) is 12.9. The van der Waals surface area contributed by atoms with E-state index in [1.165, 1.54) is 0 Å². The summed E-state index contributed by atoms with van der Waals surface area (Å²) in [5, 5.41) is 5.81. The summed E-state index contributed by atoms with van der Waals surface area (Å²) in [5.41, 5.74) is 1.51. The van der Waals surface area contributed by atoms with Gasteiger partial charge in [-0.2, -0.15) is 0 Å². The Balaban J connectivity index is 2.21. The lowest BCUT2D eigenvalue weighted by Gasteiger charge is -2.24. The Labute approximate surface area is 160 Å². The summed E-state index contributed by atoms with van der Waals surface area (Å²) in [5.74, 6) is 0.406. The number of quaternary nitrogens is 1. The summed E-state index contributed by atoms with van der Waals surface area (Å²) in [7, 11) is 3.43. The van der Waals surface area contributed by atoms with Crippen LogP contribution < -0.4 is 20.3 Å². The Kier molecular flexibility index (Phi) is 7.37. The third-order valence-corrected chi connectivity index (χ3v) is 4.11. The standard InChI is InChI=1S/C21H27N3O3/c1-15(2)22-19(25)14-24(3)20(16-9-6-5-7-10-16)21(26)23-17-11-8-12-18(13-17)27-4/h5-13,15,20H,14H2,1-4H3,(H,22,25)(H,23,26)/p+1/t20-/m0/s1. The molecule has 2 atom stereocenters. The summed E-state index contributed by atoms with van der Waals surface area (Å²) >= 11 is 0. The molecule has 0 saturated heterocycles. The van der Waals surface area contributed by atoms with Crippen LogP contribution in [0.5, 0.6) is 5.75 Å². The van der Waals surface area contributed by atoms with Gasteiger partial charge in [-0.15, -0.1) is 0 Å². The number of benzene rings is 2. The van der Waals surface area contributed by atoms with Gasteiger partial charge in [-0.3, -0.25) is 9.59 Å². The highest BCUT2D eigenvalue weighted by Gasteiger charge is 2.30. The third-order valence-electron chi connectivity index (χ3n) is 4.11. The first kappa shape index (κ1) is 20.5. The minimum Gasteiger partial charge on any atom is -0.497 e. The van der Waals surface area contributed by atoms with Gasteiger partial charge < -0.3 is 20.3 Å². The highest BCUT2D eigenvalue weighted by Crippen LogP contribution is 2.18. The molecule has 0 fully saturated rings. The second kappa shape index (κ2) is 9.73. The minimum absolute atomic E-state index is 0.0612. The number of nitrogens with one attached hydrogen (secondary N) is 3. The van der Waals surface area contributed by atoms with E-state index in [2.05, 4.69) is 10.6 Å². The predicted octanol–water partition coefficient (Wildman–Crippen LogP) is 1.41. The molecule has 6 nitrogen and oxygen atoms in total. The van der Waals surface area contributed by atoms with E-state index in [0.29, 0.717) is 11.4 Å². The average molecular weight is 370 g/mol. The number of likely N-dealkylation sites (N-methyl/N-ethyl adjacent to an activating group) is 1. The van der Waals surface area contributed by atoms with E-state index in [0.717, 1.165) is 10.5 Å². The minimum atomic E-state index is -0.518. The van der Waals surface area contributed by atoms with Crippen LogP contribution in [0.3, 0.4) is 0 Å². The maximum atomic E-state index is 13.1. The van der Waals surface area contributed by atoms with Crippen LogP contribution >= 0.6 is 0 Å². The van der Waals surface area contributed by atoms with Crippen LogP contribution in [0.1, 0.15) is 25.5 Å². The number of carbonyl (C=O) groups is 2. The molecule has 0 heterocycles. The molecular formula is C21H28N3O3+. The zero-order chi connectivity index (χ0) is 19.8. The molecule has 6 heteroatoms. The molecule has 1 unspecified atom stereocenters. The van der Waals surface area contributed by atoms with Crippen molar-refractivity contribution in [2.24, 2.45) is 0 Å². The largest absolute Gasteiger partial charge is 0.497 e. The first-order valence-corrected chi connectivity index (χ1v) is 9.02. The van der Waals surface area contributed by atoms with Crippen LogP contribution in [0.15, 0.2) is 54.6 Å². The van der Waals surface area contributed by atoms with Gasteiger partial charge in [0.1, 0.15) is 5.75 Å². The van der Waals surface area contributed by atoms with Gasteiger partial charge in [0.2, 0.25) is 0 Å². The highest BCUT2D eigenvalue weighted by atomic mass is 16.5.